The molecule has 2 aliphatic heterocycles. The average molecular weight is 515 g/mol. The highest BCUT2D eigenvalue weighted by Gasteiger charge is 2.54. The first kappa shape index (κ1) is 18.7. The second-order valence-electron chi connectivity index (χ2n) is 6.92. The molecule has 2 aliphatic rings. The van der Waals surface area contributed by atoms with Gasteiger partial charge in [0.1, 0.15) is 22.9 Å². The van der Waals surface area contributed by atoms with Crippen LogP contribution in [-0.4, -0.2) is 26.5 Å². The van der Waals surface area contributed by atoms with Gasteiger partial charge in [0, 0.05) is 17.2 Å². The van der Waals surface area contributed by atoms with E-state index >= 15 is 0 Å². The van der Waals surface area contributed by atoms with Crippen LogP contribution in [0.4, 0.5) is 5.69 Å². The number of ether oxygens (including phenoxy) is 2. The molecule has 0 unspecified atom stereocenters. The number of phenols is 2. The number of nitrogens with one attached hydrogen (secondary N) is 1. The van der Waals surface area contributed by atoms with Crippen LogP contribution in [0.2, 0.25) is 0 Å². The van der Waals surface area contributed by atoms with Crippen molar-refractivity contribution in [2.45, 2.75) is 5.60 Å². The Balaban J connectivity index is 1.86. The van der Waals surface area contributed by atoms with Gasteiger partial charge in [-0.2, -0.15) is 0 Å². The molecule has 3 aromatic carbocycles. The third kappa shape index (κ3) is 2.49. The van der Waals surface area contributed by atoms with Crippen molar-refractivity contribution in [3.8, 4) is 23.0 Å². The van der Waals surface area contributed by atoms with Crippen LogP contribution in [0.25, 0.3) is 0 Å². The molecule has 0 bridgehead atoms. The van der Waals surface area contributed by atoms with Gasteiger partial charge in [-0.1, -0.05) is 40.8 Å². The lowest BCUT2D eigenvalue weighted by atomic mass is 9.77. The van der Waals surface area contributed by atoms with Crippen LogP contribution in [0.5, 0.6) is 23.0 Å². The number of anilines is 1. The summed E-state index contributed by atoms with van der Waals surface area (Å²) < 4.78 is 12.2. The van der Waals surface area contributed by atoms with Crippen molar-refractivity contribution in [1.82, 2.24) is 0 Å². The van der Waals surface area contributed by atoms with Gasteiger partial charge < -0.3 is 25.0 Å². The summed E-state index contributed by atoms with van der Waals surface area (Å²) in [5.41, 5.74) is 0.743. The Morgan fingerprint density at radius 1 is 1.03 bits per heavy atom. The molecule has 0 fully saturated rings. The van der Waals surface area contributed by atoms with Gasteiger partial charge in [-0.15, -0.1) is 0 Å². The van der Waals surface area contributed by atoms with Gasteiger partial charge in [0.2, 0.25) is 5.91 Å². The molecule has 1 amide bonds. The Hall–Kier alpha value is -3.27. The van der Waals surface area contributed by atoms with Crippen molar-refractivity contribution >= 4 is 40.2 Å². The maximum atomic E-state index is 12.8. The monoisotopic (exact) mass is 515 g/mol. The van der Waals surface area contributed by atoms with E-state index in [0.717, 1.165) is 0 Å². The highest BCUT2D eigenvalue weighted by atomic mass is 127. The number of amides is 1. The summed E-state index contributed by atoms with van der Waals surface area (Å²) in [7, 11) is 0. The molecule has 0 radical (unpaired) electrons. The Morgan fingerprint density at radius 2 is 1.80 bits per heavy atom. The lowest BCUT2D eigenvalue weighted by Gasteiger charge is -2.37. The predicted octanol–water partition coefficient (Wildman–Crippen LogP) is 4.04. The second-order valence-corrected chi connectivity index (χ2v) is 7.68. The summed E-state index contributed by atoms with van der Waals surface area (Å²) in [5, 5.41) is 23.1. The first-order valence-electron chi connectivity index (χ1n) is 9.02. The molecule has 7 nitrogen and oxygen atoms in total. The summed E-state index contributed by atoms with van der Waals surface area (Å²) in [6.45, 7) is 0. The molecule has 0 saturated carbocycles. The summed E-state index contributed by atoms with van der Waals surface area (Å²) in [6, 6.07) is 14.6. The van der Waals surface area contributed by atoms with E-state index in [4.69, 9.17) is 9.47 Å². The van der Waals surface area contributed by atoms with Gasteiger partial charge in [0.15, 0.2) is 11.4 Å². The van der Waals surface area contributed by atoms with E-state index < -0.39 is 11.6 Å². The van der Waals surface area contributed by atoms with E-state index in [0.29, 0.717) is 22.3 Å². The quantitative estimate of drug-likeness (QED) is 0.206. The van der Waals surface area contributed by atoms with Gasteiger partial charge in [-0.05, 0) is 30.3 Å². The van der Waals surface area contributed by atoms with Gasteiger partial charge in [-0.3, -0.25) is 4.79 Å². The Kier molecular flexibility index (Phi) is 4.14. The zero-order valence-electron chi connectivity index (χ0n) is 15.3. The number of aromatic hydroxyl groups is 2. The number of esters is 1. The van der Waals surface area contributed by atoms with Gasteiger partial charge in [0.25, 0.3) is 0 Å². The van der Waals surface area contributed by atoms with Gasteiger partial charge in [0.05, 0.1) is 15.6 Å². The molecule has 5 rings (SSSR count). The number of rotatable bonds is 2. The highest BCUT2D eigenvalue weighted by molar-refractivity contribution is 14.1. The summed E-state index contributed by atoms with van der Waals surface area (Å²) in [5.74, 6) is -0.657. The van der Waals surface area contributed by atoms with Crippen molar-refractivity contribution in [1.29, 1.82) is 0 Å². The highest BCUT2D eigenvalue weighted by Crippen LogP contribution is 2.59. The van der Waals surface area contributed by atoms with E-state index in [2.05, 4.69) is 5.32 Å². The first-order chi connectivity index (χ1) is 14.5. The average Bonchev–Trinajstić information content (AvgIpc) is 3.03. The van der Waals surface area contributed by atoms with Crippen LogP contribution in [0.1, 0.15) is 27.0 Å². The van der Waals surface area contributed by atoms with E-state index in [1.807, 2.05) is 22.6 Å². The third-order valence-corrected chi connectivity index (χ3v) is 5.92. The minimum atomic E-state index is -1.35. The van der Waals surface area contributed by atoms with Crippen LogP contribution in [0, 0.1) is 0 Å². The minimum absolute atomic E-state index is 0.0389. The van der Waals surface area contributed by atoms with E-state index in [1.165, 1.54) is 18.2 Å². The van der Waals surface area contributed by atoms with E-state index in [-0.39, 0.29) is 39.0 Å². The predicted molar refractivity (Wildman–Crippen MR) is 116 cm³/mol. The summed E-state index contributed by atoms with van der Waals surface area (Å²) in [4.78, 5) is 24.8. The molecule has 3 aromatic rings. The summed E-state index contributed by atoms with van der Waals surface area (Å²) in [6.07, 6.45) is 0. The number of phenolic OH excluding ortho intramolecular Hbond substituents is 2. The Bertz CT molecular complexity index is 1240. The van der Waals surface area contributed by atoms with Crippen LogP contribution < -0.4 is 10.1 Å². The van der Waals surface area contributed by atoms with Crippen molar-refractivity contribution in [2.24, 2.45) is 0 Å². The fourth-order valence-electron chi connectivity index (χ4n) is 4.01. The third-order valence-electron chi connectivity index (χ3n) is 5.23. The second kappa shape index (κ2) is 6.63. The molecule has 0 saturated heterocycles. The normalized spacial score (nSPS) is 18.1. The van der Waals surface area contributed by atoms with Crippen LogP contribution in [-0.2, 0) is 15.1 Å². The van der Waals surface area contributed by atoms with Gasteiger partial charge >= 0.3 is 5.97 Å². The fraction of sp³-hybridized carbons (Fsp3) is 0.0909. The zero-order chi connectivity index (χ0) is 21.0. The lowest BCUT2D eigenvalue weighted by Crippen LogP contribution is -2.33. The van der Waals surface area contributed by atoms with Crippen molar-refractivity contribution in [2.75, 3.05) is 9.74 Å². The molecule has 0 aromatic heterocycles. The Morgan fingerprint density at radius 3 is 2.60 bits per heavy atom. The molecule has 1 atom stereocenters. The van der Waals surface area contributed by atoms with Crippen molar-refractivity contribution < 1.29 is 29.3 Å². The molecule has 1 spiro atoms. The van der Waals surface area contributed by atoms with E-state index in [1.54, 1.807) is 36.4 Å². The smallest absolute Gasteiger partial charge is 0.340 e. The maximum Gasteiger partial charge on any atom is 0.340 e. The largest absolute Gasteiger partial charge is 0.508 e. The molecule has 2 heterocycles. The van der Waals surface area contributed by atoms with Crippen LogP contribution in [0.3, 0.4) is 0 Å². The minimum Gasteiger partial charge on any atom is -0.508 e. The topological polar surface area (TPSA) is 105 Å². The van der Waals surface area contributed by atoms with Crippen LogP contribution >= 0.6 is 22.6 Å². The first-order valence-corrected chi connectivity index (χ1v) is 10.5. The molecule has 150 valence electrons. The van der Waals surface area contributed by atoms with Crippen molar-refractivity contribution in [3.05, 3.63) is 76.9 Å². The van der Waals surface area contributed by atoms with E-state index in [9.17, 15) is 19.8 Å². The fourth-order valence-corrected chi connectivity index (χ4v) is 4.20. The molecule has 30 heavy (non-hydrogen) atoms. The standard InChI is InChI=1S/C22H14INO6/c23-10-18(27)24-19-16(26)8-7-15-20(19)29-17-9-11(25)5-6-14(17)22(15)13-4-2-1-3-12(13)21(28)30-22/h1-9,25-26H,10H2,(H,24,27)/t22-/m1/s1. The van der Waals surface area contributed by atoms with Crippen LogP contribution in [0.15, 0.2) is 54.6 Å². The molecule has 3 N–H and O–H groups in total. The number of carbonyl (C=O) groups excluding carboxylic acids is 2. The number of fused-ring (bicyclic) bond motifs is 6. The lowest BCUT2D eigenvalue weighted by molar-refractivity contribution is -0.113. The summed E-state index contributed by atoms with van der Waals surface area (Å²) >= 11 is 1.91. The number of hydrogen-bond acceptors (Lipinski definition) is 6. The maximum absolute atomic E-state index is 12.8. The molecule has 8 heteroatoms. The number of hydrogen-bond donors (Lipinski definition) is 3. The van der Waals surface area contributed by atoms with Gasteiger partial charge in [-0.25, -0.2) is 4.79 Å². The molecule has 0 aliphatic carbocycles. The zero-order valence-corrected chi connectivity index (χ0v) is 17.5. The number of alkyl halides is 1. The number of benzene rings is 3. The molecular formula is C22H14INO6. The number of carbonyl (C=O) groups is 2. The van der Waals surface area contributed by atoms with Crippen molar-refractivity contribution in [3.63, 3.8) is 0 Å². The Labute approximate surface area is 184 Å². The SMILES string of the molecule is O=C(CI)Nc1c(O)ccc2c1Oc1cc(O)ccc1[C@@]21OC(=O)c2ccccc21. The molecular weight excluding hydrogens is 501 g/mol. The number of halogens is 1.